The Bertz CT molecular complexity index is 1040. The minimum absolute atomic E-state index is 0.0419. The Kier molecular flexibility index (Phi) is 6.42. The van der Waals surface area contributed by atoms with Gasteiger partial charge in [-0.1, -0.05) is 23.3 Å². The lowest BCUT2D eigenvalue weighted by Crippen LogP contribution is -2.17. The fraction of sp³-hybridized carbons (Fsp3) is 0.167. The van der Waals surface area contributed by atoms with Crippen LogP contribution in [0, 0.1) is 5.82 Å². The molecule has 3 aromatic rings. The monoisotopic (exact) mass is 421 g/mol. The van der Waals surface area contributed by atoms with Gasteiger partial charge < -0.3 is 4.42 Å². The molecular formula is C18H16FN3O4S2. The van der Waals surface area contributed by atoms with E-state index in [9.17, 15) is 17.6 Å². The molecule has 7 nitrogen and oxygen atoms in total. The van der Waals surface area contributed by atoms with Gasteiger partial charge in [0.2, 0.25) is 11.8 Å². The van der Waals surface area contributed by atoms with Crippen LogP contribution in [0.2, 0.25) is 0 Å². The summed E-state index contributed by atoms with van der Waals surface area (Å²) in [5.41, 5.74) is 0. The van der Waals surface area contributed by atoms with Crippen LogP contribution in [0.4, 0.5) is 10.4 Å². The van der Waals surface area contributed by atoms with E-state index in [4.69, 9.17) is 4.42 Å². The molecule has 1 amide bonds. The highest BCUT2D eigenvalue weighted by atomic mass is 32.2. The summed E-state index contributed by atoms with van der Waals surface area (Å²) in [4.78, 5) is 13.0. The number of halogens is 1. The molecule has 1 N–H and O–H groups in total. The van der Waals surface area contributed by atoms with E-state index in [-0.39, 0.29) is 17.3 Å². The van der Waals surface area contributed by atoms with Gasteiger partial charge in [0, 0.05) is 11.3 Å². The molecule has 0 aliphatic carbocycles. The number of sulfone groups is 1. The molecule has 0 aliphatic heterocycles. The van der Waals surface area contributed by atoms with Crippen LogP contribution in [0.15, 0.2) is 68.8 Å². The Morgan fingerprint density at radius 1 is 1.07 bits per heavy atom. The van der Waals surface area contributed by atoms with Crippen molar-refractivity contribution in [3.8, 4) is 0 Å². The van der Waals surface area contributed by atoms with Crippen molar-refractivity contribution in [3.05, 3.63) is 66.3 Å². The maximum absolute atomic E-state index is 12.9. The molecule has 10 heteroatoms. The number of thioether (sulfide) groups is 1. The molecule has 0 saturated carbocycles. The van der Waals surface area contributed by atoms with Crippen LogP contribution in [0.3, 0.4) is 0 Å². The summed E-state index contributed by atoms with van der Waals surface area (Å²) in [6.45, 7) is 0. The fourth-order valence-corrected chi connectivity index (χ4v) is 4.19. The van der Waals surface area contributed by atoms with E-state index in [1.54, 1.807) is 0 Å². The van der Waals surface area contributed by atoms with Crippen LogP contribution < -0.4 is 5.32 Å². The molecule has 1 heterocycles. The van der Waals surface area contributed by atoms with Crippen LogP contribution in [0.5, 0.6) is 0 Å². The van der Waals surface area contributed by atoms with Gasteiger partial charge in [-0.05, 0) is 36.4 Å². The molecule has 0 aliphatic rings. The number of rotatable bonds is 8. The van der Waals surface area contributed by atoms with Gasteiger partial charge in [0.25, 0.3) is 0 Å². The lowest BCUT2D eigenvalue weighted by atomic mass is 10.4. The highest BCUT2D eigenvalue weighted by molar-refractivity contribution is 7.98. The lowest BCUT2D eigenvalue weighted by Gasteiger charge is -2.04. The van der Waals surface area contributed by atoms with Gasteiger partial charge in [-0.25, -0.2) is 12.8 Å². The number of carbonyl (C=O) groups is 1. The Labute approximate surface area is 165 Å². The Hall–Kier alpha value is -2.72. The molecule has 1 aromatic heterocycles. The van der Waals surface area contributed by atoms with Gasteiger partial charge in [-0.3, -0.25) is 10.1 Å². The summed E-state index contributed by atoms with van der Waals surface area (Å²) in [5.74, 6) is -0.754. The SMILES string of the molecule is O=C(CCS(=O)(=O)c1ccc(F)cc1)Nc1nnc(CSc2ccccc2)o1. The van der Waals surface area contributed by atoms with Crippen molar-refractivity contribution < 1.29 is 22.0 Å². The smallest absolute Gasteiger partial charge is 0.322 e. The van der Waals surface area contributed by atoms with E-state index in [1.165, 1.54) is 11.8 Å². The second-order valence-electron chi connectivity index (χ2n) is 5.67. The van der Waals surface area contributed by atoms with Crippen molar-refractivity contribution in [3.63, 3.8) is 0 Å². The summed E-state index contributed by atoms with van der Waals surface area (Å²) in [6.07, 6.45) is -0.295. The third-order valence-corrected chi connectivity index (χ3v) is 6.32. The molecule has 2 aromatic carbocycles. The van der Waals surface area contributed by atoms with Crippen molar-refractivity contribution >= 4 is 33.5 Å². The maximum Gasteiger partial charge on any atom is 0.322 e. The van der Waals surface area contributed by atoms with Gasteiger partial charge in [0.05, 0.1) is 16.4 Å². The van der Waals surface area contributed by atoms with Gasteiger partial charge in [-0.2, -0.15) is 0 Å². The highest BCUT2D eigenvalue weighted by Crippen LogP contribution is 2.22. The average Bonchev–Trinajstić information content (AvgIpc) is 3.13. The molecule has 0 unspecified atom stereocenters. The van der Waals surface area contributed by atoms with Crippen LogP contribution in [-0.2, 0) is 20.4 Å². The van der Waals surface area contributed by atoms with Crippen molar-refractivity contribution in [2.45, 2.75) is 22.0 Å². The zero-order valence-electron chi connectivity index (χ0n) is 14.5. The zero-order valence-corrected chi connectivity index (χ0v) is 16.2. The Morgan fingerprint density at radius 3 is 2.50 bits per heavy atom. The molecule has 0 radical (unpaired) electrons. The number of carbonyl (C=O) groups excluding carboxylic acids is 1. The lowest BCUT2D eigenvalue weighted by molar-refractivity contribution is -0.116. The van der Waals surface area contributed by atoms with E-state index in [1.807, 2.05) is 30.3 Å². The van der Waals surface area contributed by atoms with Crippen molar-refractivity contribution in [2.75, 3.05) is 11.1 Å². The van der Waals surface area contributed by atoms with Crippen LogP contribution in [0.25, 0.3) is 0 Å². The maximum atomic E-state index is 12.9. The van der Waals surface area contributed by atoms with E-state index < -0.39 is 27.3 Å². The van der Waals surface area contributed by atoms with Gasteiger partial charge >= 0.3 is 6.01 Å². The zero-order chi connectivity index (χ0) is 20.0. The molecule has 0 fully saturated rings. The predicted octanol–water partition coefficient (Wildman–Crippen LogP) is 3.30. The first-order chi connectivity index (χ1) is 13.4. The second-order valence-corrected chi connectivity index (χ2v) is 8.83. The van der Waals surface area contributed by atoms with Gasteiger partial charge in [0.1, 0.15) is 5.82 Å². The van der Waals surface area contributed by atoms with E-state index in [0.717, 1.165) is 29.2 Å². The van der Waals surface area contributed by atoms with Crippen molar-refractivity contribution in [1.82, 2.24) is 10.2 Å². The third-order valence-electron chi connectivity index (χ3n) is 3.59. The number of anilines is 1. The number of benzene rings is 2. The normalized spacial score (nSPS) is 11.3. The largest absolute Gasteiger partial charge is 0.407 e. The number of nitrogens with zero attached hydrogens (tertiary/aromatic N) is 2. The molecule has 0 spiro atoms. The summed E-state index contributed by atoms with van der Waals surface area (Å²) >= 11 is 1.50. The molecule has 0 atom stereocenters. The van der Waals surface area contributed by atoms with Crippen LogP contribution in [0.1, 0.15) is 12.3 Å². The van der Waals surface area contributed by atoms with Crippen molar-refractivity contribution in [2.24, 2.45) is 0 Å². The fourth-order valence-electron chi connectivity index (χ4n) is 2.19. The Balaban J connectivity index is 1.49. The topological polar surface area (TPSA) is 102 Å². The summed E-state index contributed by atoms with van der Waals surface area (Å²) in [6, 6.07) is 14.0. The number of amides is 1. The summed E-state index contributed by atoms with van der Waals surface area (Å²) in [5, 5.41) is 9.95. The third kappa shape index (κ3) is 5.64. The predicted molar refractivity (Wildman–Crippen MR) is 102 cm³/mol. The molecule has 0 bridgehead atoms. The first-order valence-corrected chi connectivity index (χ1v) is 10.8. The second kappa shape index (κ2) is 8.98. The highest BCUT2D eigenvalue weighted by Gasteiger charge is 2.18. The average molecular weight is 421 g/mol. The number of hydrogen-bond acceptors (Lipinski definition) is 7. The number of hydrogen-bond donors (Lipinski definition) is 1. The minimum Gasteiger partial charge on any atom is -0.407 e. The molecule has 146 valence electrons. The molecular weight excluding hydrogens is 405 g/mol. The standard InChI is InChI=1S/C18H16FN3O4S2/c19-13-6-8-15(9-7-13)28(24,25)11-10-16(23)20-18-22-21-17(26-18)12-27-14-4-2-1-3-5-14/h1-9H,10-12H2,(H,20,22,23). The molecule has 0 saturated heterocycles. The van der Waals surface area contributed by atoms with E-state index >= 15 is 0 Å². The van der Waals surface area contributed by atoms with Gasteiger partial charge in [0.15, 0.2) is 9.84 Å². The summed E-state index contributed by atoms with van der Waals surface area (Å²) < 4.78 is 42.6. The van der Waals surface area contributed by atoms with Crippen LogP contribution in [-0.4, -0.2) is 30.3 Å². The van der Waals surface area contributed by atoms with Gasteiger partial charge in [-0.15, -0.1) is 16.9 Å². The van der Waals surface area contributed by atoms with Crippen molar-refractivity contribution in [1.29, 1.82) is 0 Å². The molecule has 3 rings (SSSR count). The first-order valence-electron chi connectivity index (χ1n) is 8.21. The van der Waals surface area contributed by atoms with E-state index in [0.29, 0.717) is 11.6 Å². The molecule has 28 heavy (non-hydrogen) atoms. The van der Waals surface area contributed by atoms with E-state index in [2.05, 4.69) is 15.5 Å². The Morgan fingerprint density at radius 2 is 1.79 bits per heavy atom. The number of nitrogens with one attached hydrogen (secondary N) is 1. The number of aromatic nitrogens is 2. The van der Waals surface area contributed by atoms with Crippen LogP contribution >= 0.6 is 11.8 Å². The quantitative estimate of drug-likeness (QED) is 0.440. The minimum atomic E-state index is -3.70. The first kappa shape index (κ1) is 20.0. The summed E-state index contributed by atoms with van der Waals surface area (Å²) in [7, 11) is -3.70.